The third kappa shape index (κ3) is 36.4. The van der Waals surface area contributed by atoms with Crippen LogP contribution in [0.2, 0.25) is 0 Å². The summed E-state index contributed by atoms with van der Waals surface area (Å²) in [5, 5.41) is 23.2. The highest BCUT2D eigenvalue weighted by Gasteiger charge is 2.20. The molecule has 0 aliphatic heterocycles. The summed E-state index contributed by atoms with van der Waals surface area (Å²) < 4.78 is 0. The number of aliphatic hydroxyl groups is 2. The fraction of sp³-hybridized carbons (Fsp3) is 0.932. The molecule has 48 heavy (non-hydrogen) atoms. The van der Waals surface area contributed by atoms with E-state index in [2.05, 4.69) is 31.3 Å². The van der Waals surface area contributed by atoms with E-state index in [1.165, 1.54) is 193 Å². The van der Waals surface area contributed by atoms with Crippen molar-refractivity contribution in [3.8, 4) is 0 Å². The molecule has 0 aliphatic carbocycles. The monoisotopic (exact) mass is 678 g/mol. The molecular weight excluding hydrogens is 590 g/mol. The minimum absolute atomic E-state index is 0.0297. The Kier molecular flexibility index (Phi) is 39.8. The number of unbranched alkanes of at least 4 members (excludes halogenated alkanes) is 31. The van der Waals surface area contributed by atoms with Gasteiger partial charge in [0.25, 0.3) is 0 Å². The molecule has 0 saturated carbocycles. The van der Waals surface area contributed by atoms with Crippen molar-refractivity contribution in [2.45, 2.75) is 257 Å². The van der Waals surface area contributed by atoms with Crippen LogP contribution in [0.5, 0.6) is 0 Å². The highest BCUT2D eigenvalue weighted by Crippen LogP contribution is 2.16. The van der Waals surface area contributed by atoms with Crippen LogP contribution in [0.15, 0.2) is 12.2 Å². The smallest absolute Gasteiger partial charge is 0.220 e. The molecule has 0 bridgehead atoms. The van der Waals surface area contributed by atoms with Crippen LogP contribution < -0.4 is 5.32 Å². The van der Waals surface area contributed by atoms with Gasteiger partial charge in [-0.15, -0.1) is 0 Å². The van der Waals surface area contributed by atoms with Crippen molar-refractivity contribution in [3.63, 3.8) is 0 Å². The normalized spacial score (nSPS) is 13.0. The Bertz CT molecular complexity index is 651. The molecule has 1 amide bonds. The molecule has 0 aromatic heterocycles. The molecule has 0 saturated heterocycles. The van der Waals surface area contributed by atoms with E-state index in [1.807, 2.05) is 0 Å². The lowest BCUT2D eigenvalue weighted by atomic mass is 10.0. The molecule has 0 aromatic carbocycles. The molecule has 0 fully saturated rings. The molecular formula is C44H87NO3. The van der Waals surface area contributed by atoms with Crippen LogP contribution in [0.1, 0.15) is 245 Å². The van der Waals surface area contributed by atoms with Crippen molar-refractivity contribution < 1.29 is 15.0 Å². The van der Waals surface area contributed by atoms with Crippen molar-refractivity contribution in [3.05, 3.63) is 12.2 Å². The summed E-state index contributed by atoms with van der Waals surface area (Å²) in [5.74, 6) is -0.0297. The van der Waals surface area contributed by atoms with E-state index in [0.29, 0.717) is 12.8 Å². The lowest BCUT2D eigenvalue weighted by molar-refractivity contribution is -0.123. The Morgan fingerprint density at radius 3 is 1.15 bits per heavy atom. The Balaban J connectivity index is 3.49. The van der Waals surface area contributed by atoms with Crippen LogP contribution in [0.4, 0.5) is 0 Å². The molecule has 0 spiro atoms. The van der Waals surface area contributed by atoms with Crippen molar-refractivity contribution in [2.75, 3.05) is 6.61 Å². The lowest BCUT2D eigenvalue weighted by Gasteiger charge is -2.22. The summed E-state index contributed by atoms with van der Waals surface area (Å²) in [4.78, 5) is 12.4. The Hall–Kier alpha value is -0.870. The second kappa shape index (κ2) is 40.6. The van der Waals surface area contributed by atoms with Crippen LogP contribution in [0.25, 0.3) is 0 Å². The van der Waals surface area contributed by atoms with Crippen molar-refractivity contribution in [2.24, 2.45) is 0 Å². The number of amides is 1. The van der Waals surface area contributed by atoms with Crippen LogP contribution >= 0.6 is 0 Å². The average Bonchev–Trinajstić information content (AvgIpc) is 3.09. The maximum atomic E-state index is 12.4. The van der Waals surface area contributed by atoms with Crippen molar-refractivity contribution >= 4 is 5.91 Å². The van der Waals surface area contributed by atoms with Crippen molar-refractivity contribution in [1.29, 1.82) is 0 Å². The molecule has 0 aliphatic rings. The zero-order valence-corrected chi connectivity index (χ0v) is 32.8. The number of nitrogens with one attached hydrogen (secondary N) is 1. The van der Waals surface area contributed by atoms with Gasteiger partial charge in [0, 0.05) is 6.42 Å². The van der Waals surface area contributed by atoms with Gasteiger partial charge in [-0.25, -0.2) is 0 Å². The zero-order chi connectivity index (χ0) is 35.0. The topological polar surface area (TPSA) is 69.6 Å². The molecule has 0 heterocycles. The largest absolute Gasteiger partial charge is 0.394 e. The fourth-order valence-electron chi connectivity index (χ4n) is 6.89. The van der Waals surface area contributed by atoms with Gasteiger partial charge in [0.15, 0.2) is 0 Å². The number of hydrogen-bond acceptors (Lipinski definition) is 3. The first-order valence-electron chi connectivity index (χ1n) is 21.9. The van der Waals surface area contributed by atoms with E-state index in [9.17, 15) is 15.0 Å². The fourth-order valence-corrected chi connectivity index (χ4v) is 6.89. The molecule has 2 atom stereocenters. The van der Waals surface area contributed by atoms with Crippen LogP contribution in [-0.4, -0.2) is 34.9 Å². The van der Waals surface area contributed by atoms with E-state index < -0.39 is 12.1 Å². The lowest BCUT2D eigenvalue weighted by Crippen LogP contribution is -2.45. The van der Waals surface area contributed by atoms with Crippen LogP contribution in [-0.2, 0) is 4.79 Å². The van der Waals surface area contributed by atoms with E-state index in [4.69, 9.17) is 0 Å². The van der Waals surface area contributed by atoms with E-state index in [0.717, 1.165) is 25.7 Å². The first-order valence-corrected chi connectivity index (χ1v) is 21.9. The molecule has 0 radical (unpaired) electrons. The van der Waals surface area contributed by atoms with Gasteiger partial charge in [0.1, 0.15) is 0 Å². The molecule has 286 valence electrons. The quantitative estimate of drug-likeness (QED) is 0.0446. The van der Waals surface area contributed by atoms with Gasteiger partial charge >= 0.3 is 0 Å². The van der Waals surface area contributed by atoms with Gasteiger partial charge in [-0.3, -0.25) is 4.79 Å². The molecule has 0 rings (SSSR count). The first-order chi connectivity index (χ1) is 23.7. The maximum absolute atomic E-state index is 12.4. The zero-order valence-electron chi connectivity index (χ0n) is 32.8. The van der Waals surface area contributed by atoms with Gasteiger partial charge in [-0.2, -0.15) is 0 Å². The standard InChI is InChI=1S/C44H87NO3/c1-3-5-7-9-11-13-15-17-19-20-21-22-23-24-26-28-30-32-34-36-38-40-44(48)45-42(41-46)43(47)39-37-35-33-31-29-27-25-18-16-14-12-10-8-6-4-2/h17,19,42-43,46-47H,3-16,18,20-41H2,1-2H3,(H,45,48)/b19-17+/t42-,43+/m0/s1. The van der Waals surface area contributed by atoms with Crippen LogP contribution in [0.3, 0.4) is 0 Å². The minimum Gasteiger partial charge on any atom is -0.394 e. The second-order valence-electron chi connectivity index (χ2n) is 15.1. The summed E-state index contributed by atoms with van der Waals surface area (Å²) in [6.07, 6.45) is 50.0. The highest BCUT2D eigenvalue weighted by atomic mass is 16.3. The number of aliphatic hydroxyl groups excluding tert-OH is 2. The minimum atomic E-state index is -0.655. The summed E-state index contributed by atoms with van der Waals surface area (Å²) in [6, 6.07) is -0.532. The Morgan fingerprint density at radius 1 is 0.479 bits per heavy atom. The Morgan fingerprint density at radius 2 is 0.792 bits per heavy atom. The summed E-state index contributed by atoms with van der Waals surface area (Å²) in [7, 11) is 0. The van der Waals surface area contributed by atoms with Gasteiger partial charge in [-0.1, -0.05) is 212 Å². The predicted molar refractivity (Wildman–Crippen MR) is 212 cm³/mol. The van der Waals surface area contributed by atoms with Gasteiger partial charge in [0.2, 0.25) is 5.91 Å². The Labute approximate surface area is 301 Å². The summed E-state index contributed by atoms with van der Waals surface area (Å²) in [6.45, 7) is 4.37. The molecule has 0 unspecified atom stereocenters. The van der Waals surface area contributed by atoms with E-state index in [1.54, 1.807) is 0 Å². The molecule has 0 aromatic rings. The average molecular weight is 678 g/mol. The highest BCUT2D eigenvalue weighted by molar-refractivity contribution is 5.76. The number of carbonyl (C=O) groups excluding carboxylic acids is 1. The van der Waals surface area contributed by atoms with E-state index >= 15 is 0 Å². The number of rotatable bonds is 40. The first kappa shape index (κ1) is 47.1. The molecule has 3 N–H and O–H groups in total. The van der Waals surface area contributed by atoms with Crippen molar-refractivity contribution in [1.82, 2.24) is 5.32 Å². The second-order valence-corrected chi connectivity index (χ2v) is 15.1. The number of hydrogen-bond donors (Lipinski definition) is 3. The van der Waals surface area contributed by atoms with E-state index in [-0.39, 0.29) is 12.5 Å². The SMILES string of the molecule is CCCCCCCC/C=C/CCCCCCCCCCCCCC(=O)N[C@@H](CO)[C@H](O)CCCCCCCCCCCCCCCCC. The maximum Gasteiger partial charge on any atom is 0.220 e. The summed E-state index contributed by atoms with van der Waals surface area (Å²) in [5.41, 5.74) is 0. The summed E-state index contributed by atoms with van der Waals surface area (Å²) >= 11 is 0. The van der Waals surface area contributed by atoms with Gasteiger partial charge in [-0.05, 0) is 38.5 Å². The molecule has 4 nitrogen and oxygen atoms in total. The van der Waals surface area contributed by atoms with Crippen LogP contribution in [0, 0.1) is 0 Å². The predicted octanol–water partition coefficient (Wildman–Crippen LogP) is 13.5. The number of allylic oxidation sites excluding steroid dienone is 2. The third-order valence-electron chi connectivity index (χ3n) is 10.3. The molecule has 4 heteroatoms. The van der Waals surface area contributed by atoms with Gasteiger partial charge in [0.05, 0.1) is 18.8 Å². The van der Waals surface area contributed by atoms with Gasteiger partial charge < -0.3 is 15.5 Å². The third-order valence-corrected chi connectivity index (χ3v) is 10.3. The number of carbonyl (C=O) groups is 1.